The molecule has 0 spiro atoms. The highest BCUT2D eigenvalue weighted by molar-refractivity contribution is 7.80. The zero-order valence-electron chi connectivity index (χ0n) is 12.5. The van der Waals surface area contributed by atoms with Gasteiger partial charge in [-0.25, -0.2) is 4.39 Å². The molecule has 0 saturated carbocycles. The summed E-state index contributed by atoms with van der Waals surface area (Å²) in [5.41, 5.74) is 2.60. The maximum absolute atomic E-state index is 12.8. The number of benzene rings is 2. The van der Waals surface area contributed by atoms with Crippen molar-refractivity contribution in [2.75, 3.05) is 0 Å². The van der Waals surface area contributed by atoms with Crippen molar-refractivity contribution in [1.29, 1.82) is 0 Å². The van der Waals surface area contributed by atoms with E-state index in [1.165, 1.54) is 18.2 Å². The van der Waals surface area contributed by atoms with Gasteiger partial charge in [0, 0.05) is 17.6 Å². The molecule has 0 fully saturated rings. The van der Waals surface area contributed by atoms with Crippen LogP contribution in [0.25, 0.3) is 0 Å². The van der Waals surface area contributed by atoms with Gasteiger partial charge in [-0.15, -0.1) is 0 Å². The van der Waals surface area contributed by atoms with Crippen LogP contribution < -0.4 is 15.8 Å². The molecule has 2 N–H and O–H groups in total. The first-order valence-corrected chi connectivity index (χ1v) is 7.61. The van der Waals surface area contributed by atoms with E-state index in [4.69, 9.17) is 23.8 Å². The molecule has 10 heteroatoms. The standard InChI is InChI=1S/C15H12ClFN4O3S/c16-11-5-10(14(22)13(6-11)21(23)24)8-19-20-15(25)18-7-9-1-3-12(17)4-2-9/h1-6,8,22H,7H2,(H2,18,20,25)/p-1/b19-8-. The number of halogens is 2. The molecule has 2 aromatic carbocycles. The molecule has 0 unspecified atom stereocenters. The van der Waals surface area contributed by atoms with E-state index in [-0.39, 0.29) is 21.5 Å². The molecule has 0 amide bonds. The van der Waals surface area contributed by atoms with Gasteiger partial charge in [0.25, 0.3) is 5.69 Å². The highest BCUT2D eigenvalue weighted by Gasteiger charge is 2.11. The summed E-state index contributed by atoms with van der Waals surface area (Å²) in [4.78, 5) is 9.97. The summed E-state index contributed by atoms with van der Waals surface area (Å²) < 4.78 is 12.8. The van der Waals surface area contributed by atoms with Gasteiger partial charge >= 0.3 is 0 Å². The van der Waals surface area contributed by atoms with Crippen molar-refractivity contribution in [2.45, 2.75) is 6.54 Å². The number of hydrazone groups is 1. The molecule has 0 heterocycles. The zero-order valence-corrected chi connectivity index (χ0v) is 14.1. The lowest BCUT2D eigenvalue weighted by Crippen LogP contribution is -2.31. The van der Waals surface area contributed by atoms with Gasteiger partial charge in [-0.1, -0.05) is 23.7 Å². The normalized spacial score (nSPS) is 10.6. The maximum atomic E-state index is 12.8. The summed E-state index contributed by atoms with van der Waals surface area (Å²) in [5.74, 6) is -1.14. The minimum Gasteiger partial charge on any atom is -0.867 e. The SMILES string of the molecule is O=[N+]([O-])c1cc(Cl)cc(/C=N\NC(=S)NCc2ccc(F)cc2)c1[O-]. The average Bonchev–Trinajstić information content (AvgIpc) is 2.57. The summed E-state index contributed by atoms with van der Waals surface area (Å²) in [7, 11) is 0. The van der Waals surface area contributed by atoms with Crippen LogP contribution in [0.15, 0.2) is 41.5 Å². The Kier molecular flexibility index (Phi) is 6.20. The van der Waals surface area contributed by atoms with Gasteiger partial charge in [0.15, 0.2) is 5.11 Å². The number of hydrogen-bond acceptors (Lipinski definition) is 5. The van der Waals surface area contributed by atoms with Crippen molar-refractivity contribution in [2.24, 2.45) is 5.10 Å². The summed E-state index contributed by atoms with van der Waals surface area (Å²) >= 11 is 10.7. The van der Waals surface area contributed by atoms with Crippen molar-refractivity contribution in [3.05, 3.63) is 68.5 Å². The Balaban J connectivity index is 1.95. The van der Waals surface area contributed by atoms with Gasteiger partial charge < -0.3 is 10.4 Å². The smallest absolute Gasteiger partial charge is 0.263 e. The van der Waals surface area contributed by atoms with E-state index in [1.807, 2.05) is 0 Å². The second-order valence-corrected chi connectivity index (χ2v) is 5.62. The van der Waals surface area contributed by atoms with Crippen molar-refractivity contribution in [1.82, 2.24) is 10.7 Å². The van der Waals surface area contributed by atoms with Crippen LogP contribution >= 0.6 is 23.8 Å². The lowest BCUT2D eigenvalue weighted by molar-refractivity contribution is -0.398. The largest absolute Gasteiger partial charge is 0.867 e. The first-order valence-electron chi connectivity index (χ1n) is 6.83. The number of nitrogens with zero attached hydrogens (tertiary/aromatic N) is 2. The molecule has 25 heavy (non-hydrogen) atoms. The van der Waals surface area contributed by atoms with Gasteiger partial charge in [-0.2, -0.15) is 5.10 Å². The second-order valence-electron chi connectivity index (χ2n) is 4.78. The Morgan fingerprint density at radius 1 is 1.36 bits per heavy atom. The van der Waals surface area contributed by atoms with E-state index >= 15 is 0 Å². The van der Waals surface area contributed by atoms with Crippen molar-refractivity contribution in [3.63, 3.8) is 0 Å². The Morgan fingerprint density at radius 2 is 2.04 bits per heavy atom. The molecule has 0 aliphatic heterocycles. The molecule has 2 rings (SSSR count). The minimum absolute atomic E-state index is 0.0461. The molecule has 130 valence electrons. The summed E-state index contributed by atoms with van der Waals surface area (Å²) in [6.07, 6.45) is 1.09. The van der Waals surface area contributed by atoms with Gasteiger partial charge in [0.05, 0.1) is 11.1 Å². The monoisotopic (exact) mass is 381 g/mol. The predicted octanol–water partition coefficient (Wildman–Crippen LogP) is 2.46. The number of nitro groups is 1. The van der Waals surface area contributed by atoms with Crippen LogP contribution in [0.1, 0.15) is 11.1 Å². The molecule has 0 bridgehead atoms. The lowest BCUT2D eigenvalue weighted by atomic mass is 10.2. The fourth-order valence-corrected chi connectivity index (χ4v) is 2.16. The highest BCUT2D eigenvalue weighted by atomic mass is 35.5. The van der Waals surface area contributed by atoms with Gasteiger partial charge in [-0.3, -0.25) is 15.5 Å². The molecule has 0 saturated heterocycles. The molecule has 0 atom stereocenters. The van der Waals surface area contributed by atoms with E-state index in [2.05, 4.69) is 15.8 Å². The third-order valence-corrected chi connectivity index (χ3v) is 3.45. The summed E-state index contributed by atoms with van der Waals surface area (Å²) in [6, 6.07) is 8.09. The van der Waals surface area contributed by atoms with Crippen LogP contribution in [0, 0.1) is 15.9 Å². The topological polar surface area (TPSA) is 103 Å². The number of hydrogen-bond donors (Lipinski definition) is 2. The fourth-order valence-electron chi connectivity index (χ4n) is 1.82. The number of nitro benzene ring substituents is 1. The molecule has 0 radical (unpaired) electrons. The van der Waals surface area contributed by atoms with E-state index in [0.29, 0.717) is 6.54 Å². The Bertz CT molecular complexity index is 830. The molecule has 0 aromatic heterocycles. The van der Waals surface area contributed by atoms with Crippen LogP contribution in [0.4, 0.5) is 10.1 Å². The third kappa shape index (κ3) is 5.37. The van der Waals surface area contributed by atoms with Crippen LogP contribution in [-0.2, 0) is 6.54 Å². The lowest BCUT2D eigenvalue weighted by Gasteiger charge is -2.11. The van der Waals surface area contributed by atoms with E-state index < -0.39 is 16.4 Å². The van der Waals surface area contributed by atoms with E-state index in [1.54, 1.807) is 12.1 Å². The van der Waals surface area contributed by atoms with Crippen LogP contribution in [0.2, 0.25) is 5.02 Å². The van der Waals surface area contributed by atoms with Gasteiger partial charge in [-0.05, 0) is 47.3 Å². The van der Waals surface area contributed by atoms with Gasteiger partial charge in [0.1, 0.15) is 5.82 Å². The number of thiocarbonyl (C=S) groups is 1. The minimum atomic E-state index is -0.812. The molecule has 2 aromatic rings. The molecular weight excluding hydrogens is 371 g/mol. The van der Waals surface area contributed by atoms with Crippen LogP contribution in [0.3, 0.4) is 0 Å². The number of nitrogens with one attached hydrogen (secondary N) is 2. The van der Waals surface area contributed by atoms with Crippen molar-refractivity contribution >= 4 is 40.8 Å². The predicted molar refractivity (Wildman–Crippen MR) is 94.1 cm³/mol. The first kappa shape index (κ1) is 18.6. The quantitative estimate of drug-likeness (QED) is 0.357. The highest BCUT2D eigenvalue weighted by Crippen LogP contribution is 2.29. The maximum Gasteiger partial charge on any atom is 0.263 e. The van der Waals surface area contributed by atoms with E-state index in [9.17, 15) is 19.6 Å². The van der Waals surface area contributed by atoms with Gasteiger partial charge in [0.2, 0.25) is 0 Å². The van der Waals surface area contributed by atoms with E-state index in [0.717, 1.165) is 17.8 Å². The van der Waals surface area contributed by atoms with Crippen LogP contribution in [-0.4, -0.2) is 16.3 Å². The Morgan fingerprint density at radius 3 is 2.68 bits per heavy atom. The molecular formula is C15H11ClFN4O3S-. The van der Waals surface area contributed by atoms with Crippen molar-refractivity contribution in [3.8, 4) is 5.75 Å². The fraction of sp³-hybridized carbons (Fsp3) is 0.0667. The first-order chi connectivity index (χ1) is 11.9. The Hall–Kier alpha value is -2.78. The van der Waals surface area contributed by atoms with Crippen molar-refractivity contribution < 1.29 is 14.4 Å². The van der Waals surface area contributed by atoms with Crippen LogP contribution in [0.5, 0.6) is 5.75 Å². The average molecular weight is 382 g/mol. The molecule has 0 aliphatic rings. The summed E-state index contributed by atoms with van der Waals surface area (Å²) in [6.45, 7) is 0.344. The molecule has 7 nitrogen and oxygen atoms in total. The Labute approximate surface area is 152 Å². The number of rotatable bonds is 5. The zero-order chi connectivity index (χ0) is 18.4. The molecule has 0 aliphatic carbocycles. The third-order valence-electron chi connectivity index (χ3n) is 3.00. The summed E-state index contributed by atoms with van der Waals surface area (Å²) in [5, 5.41) is 29.4. The second kappa shape index (κ2) is 8.36.